The van der Waals surface area contributed by atoms with Crippen molar-refractivity contribution < 1.29 is 31.8 Å². The van der Waals surface area contributed by atoms with Crippen molar-refractivity contribution in [2.45, 2.75) is 31.1 Å². The van der Waals surface area contributed by atoms with Gasteiger partial charge in [-0.3, -0.25) is 19.2 Å². The summed E-state index contributed by atoms with van der Waals surface area (Å²) in [7, 11) is -4.10. The van der Waals surface area contributed by atoms with Gasteiger partial charge in [0.1, 0.15) is 17.2 Å². The van der Waals surface area contributed by atoms with Crippen molar-refractivity contribution in [3.8, 4) is 5.75 Å². The van der Waals surface area contributed by atoms with Gasteiger partial charge in [-0.25, -0.2) is 5.01 Å². The van der Waals surface area contributed by atoms with Gasteiger partial charge >= 0.3 is 10.1 Å². The molecular weight excluding hydrogens is 567 g/mol. The second-order valence-electron chi connectivity index (χ2n) is 8.74. The van der Waals surface area contributed by atoms with Crippen molar-refractivity contribution in [1.82, 2.24) is 10.0 Å². The Hall–Kier alpha value is -3.73. The lowest BCUT2D eigenvalue weighted by molar-refractivity contribution is -0.162. The van der Waals surface area contributed by atoms with Crippen LogP contribution in [0.3, 0.4) is 0 Å². The molecule has 0 saturated carbocycles. The van der Waals surface area contributed by atoms with Crippen molar-refractivity contribution in [1.29, 1.82) is 0 Å². The first kappa shape index (κ1) is 28.3. The van der Waals surface area contributed by atoms with E-state index >= 15 is 0 Å². The number of carbonyl (C=O) groups is 4. The highest BCUT2D eigenvalue weighted by Gasteiger charge is 2.36. The smallest absolute Gasteiger partial charge is 0.339 e. The fourth-order valence-electron chi connectivity index (χ4n) is 3.85. The highest BCUT2D eigenvalue weighted by atomic mass is 35.5. The number of ketones is 1. The highest BCUT2D eigenvalue weighted by Crippen LogP contribution is 2.25. The molecule has 0 aromatic heterocycles. The molecule has 4 rings (SSSR count). The summed E-state index contributed by atoms with van der Waals surface area (Å²) in [6.45, 7) is 1.17. The summed E-state index contributed by atoms with van der Waals surface area (Å²) < 4.78 is 30.3. The first-order valence-corrected chi connectivity index (χ1v) is 13.9. The maximum Gasteiger partial charge on any atom is 0.339 e. The average Bonchev–Trinajstić information content (AvgIpc) is 2.88. The predicted molar refractivity (Wildman–Crippen MR) is 143 cm³/mol. The number of hydrogen-bond donors (Lipinski definition) is 0. The number of hydrogen-bond acceptors (Lipinski definition) is 7. The van der Waals surface area contributed by atoms with Gasteiger partial charge in [-0.15, -0.1) is 0 Å². The third kappa shape index (κ3) is 6.47. The molecule has 1 aliphatic rings. The Morgan fingerprint density at radius 2 is 1.54 bits per heavy atom. The van der Waals surface area contributed by atoms with Gasteiger partial charge in [0.15, 0.2) is 5.78 Å². The van der Waals surface area contributed by atoms with E-state index in [0.717, 1.165) is 10.6 Å². The molecule has 3 aromatic carbocycles. The van der Waals surface area contributed by atoms with Crippen LogP contribution >= 0.6 is 23.2 Å². The van der Waals surface area contributed by atoms with Gasteiger partial charge in [0.25, 0.3) is 5.91 Å². The minimum Gasteiger partial charge on any atom is -0.379 e. The Balaban J connectivity index is 1.57. The van der Waals surface area contributed by atoms with Crippen molar-refractivity contribution in [2.24, 2.45) is 0 Å². The van der Waals surface area contributed by atoms with E-state index in [1.165, 1.54) is 54.6 Å². The van der Waals surface area contributed by atoms with E-state index in [1.807, 2.05) is 6.92 Å². The first-order chi connectivity index (χ1) is 18.5. The van der Waals surface area contributed by atoms with Crippen molar-refractivity contribution >= 4 is 56.8 Å². The van der Waals surface area contributed by atoms with Crippen LogP contribution in [0.1, 0.15) is 45.5 Å². The molecule has 1 saturated heterocycles. The summed E-state index contributed by atoms with van der Waals surface area (Å²) >= 11 is 12.1. The number of benzene rings is 3. The summed E-state index contributed by atoms with van der Waals surface area (Å²) in [5.41, 5.74) is 0.924. The number of piperidine rings is 1. The number of Topliss-reactive ketones (excluding diaryl/α,β-unsaturated/α-hetero) is 1. The van der Waals surface area contributed by atoms with Gasteiger partial charge in [-0.1, -0.05) is 40.9 Å². The number of amides is 3. The quantitative estimate of drug-likeness (QED) is 0.210. The van der Waals surface area contributed by atoms with Gasteiger partial charge in [0.2, 0.25) is 11.8 Å². The SMILES string of the molecule is Cc1ccc(S(=O)(=O)Oc2ccc(C(=O)CN(C(=O)c3ccc(Cl)cc3Cl)N3C(=O)CCCC3=O)cc2)cc1. The summed E-state index contributed by atoms with van der Waals surface area (Å²) in [5.74, 6) is -2.73. The summed E-state index contributed by atoms with van der Waals surface area (Å²) in [4.78, 5) is 51.8. The summed E-state index contributed by atoms with van der Waals surface area (Å²) in [6, 6.07) is 15.4. The topological polar surface area (TPSA) is 118 Å². The van der Waals surface area contributed by atoms with Crippen LogP contribution in [0.15, 0.2) is 71.6 Å². The average molecular weight is 589 g/mol. The molecule has 0 spiro atoms. The van der Waals surface area contributed by atoms with Crippen molar-refractivity contribution in [2.75, 3.05) is 6.54 Å². The molecule has 3 aromatic rings. The molecule has 1 heterocycles. The maximum absolute atomic E-state index is 13.4. The van der Waals surface area contributed by atoms with E-state index in [2.05, 4.69) is 0 Å². The molecule has 9 nitrogen and oxygen atoms in total. The Morgan fingerprint density at radius 3 is 2.13 bits per heavy atom. The molecule has 0 N–H and O–H groups in total. The normalized spacial score (nSPS) is 13.8. The molecule has 3 amide bonds. The van der Waals surface area contributed by atoms with Gasteiger partial charge in [0.05, 0.1) is 10.6 Å². The second-order valence-corrected chi connectivity index (χ2v) is 11.1. The standard InChI is InChI=1S/C27H22Cl2N2O7S/c1-17-5-12-21(13-6-17)39(36,37)38-20-10-7-18(8-11-20)24(32)16-30(31-25(33)3-2-4-26(31)34)27(35)22-14-9-19(28)15-23(22)29/h5-15H,2-4,16H2,1H3. The minimum absolute atomic E-state index is 0.0156. The van der Waals surface area contributed by atoms with Gasteiger partial charge < -0.3 is 4.18 Å². The van der Waals surface area contributed by atoms with E-state index in [0.29, 0.717) is 11.4 Å². The number of halogens is 2. The van der Waals surface area contributed by atoms with E-state index in [1.54, 1.807) is 12.1 Å². The molecule has 0 bridgehead atoms. The van der Waals surface area contributed by atoms with Gasteiger partial charge in [-0.2, -0.15) is 13.4 Å². The van der Waals surface area contributed by atoms with Crippen LogP contribution < -0.4 is 4.18 Å². The number of imide groups is 1. The molecule has 0 radical (unpaired) electrons. The lowest BCUT2D eigenvalue weighted by Gasteiger charge is -2.35. The van der Waals surface area contributed by atoms with Crippen LogP contribution in [-0.2, 0) is 19.7 Å². The molecule has 0 atom stereocenters. The Labute approximate surface area is 235 Å². The van der Waals surface area contributed by atoms with E-state index in [4.69, 9.17) is 27.4 Å². The summed E-state index contributed by atoms with van der Waals surface area (Å²) in [5, 5.41) is 1.71. The Kier molecular flexibility index (Phi) is 8.39. The second kappa shape index (κ2) is 11.6. The van der Waals surface area contributed by atoms with Gasteiger partial charge in [0, 0.05) is 23.4 Å². The lowest BCUT2D eigenvalue weighted by atomic mass is 10.1. The fraction of sp³-hybridized carbons (Fsp3) is 0.185. The molecule has 12 heteroatoms. The maximum atomic E-state index is 13.4. The van der Waals surface area contributed by atoms with E-state index < -0.39 is 40.2 Å². The van der Waals surface area contributed by atoms with Crippen LogP contribution in [0.4, 0.5) is 0 Å². The van der Waals surface area contributed by atoms with Crippen LogP contribution in [0.25, 0.3) is 0 Å². The van der Waals surface area contributed by atoms with Gasteiger partial charge in [-0.05, 0) is 67.9 Å². The molecule has 0 aliphatic carbocycles. The molecule has 0 unspecified atom stereocenters. The lowest BCUT2D eigenvalue weighted by Crippen LogP contribution is -2.56. The third-order valence-corrected chi connectivity index (χ3v) is 7.69. The zero-order valence-corrected chi connectivity index (χ0v) is 22.9. The zero-order valence-electron chi connectivity index (χ0n) is 20.6. The number of rotatable bonds is 8. The van der Waals surface area contributed by atoms with E-state index in [-0.39, 0.29) is 44.7 Å². The minimum atomic E-state index is -4.10. The summed E-state index contributed by atoms with van der Waals surface area (Å²) in [6.07, 6.45) is 0.387. The van der Waals surface area contributed by atoms with Crippen LogP contribution in [0.2, 0.25) is 10.0 Å². The Morgan fingerprint density at radius 1 is 0.923 bits per heavy atom. The van der Waals surface area contributed by atoms with Crippen LogP contribution in [-0.4, -0.2) is 48.5 Å². The fourth-order valence-corrected chi connectivity index (χ4v) is 5.27. The largest absolute Gasteiger partial charge is 0.379 e. The monoisotopic (exact) mass is 588 g/mol. The number of hydrazine groups is 1. The van der Waals surface area contributed by atoms with Crippen LogP contribution in [0.5, 0.6) is 5.75 Å². The first-order valence-electron chi connectivity index (χ1n) is 11.7. The van der Waals surface area contributed by atoms with E-state index in [9.17, 15) is 27.6 Å². The zero-order chi connectivity index (χ0) is 28.3. The molecular formula is C27H22Cl2N2O7S. The van der Waals surface area contributed by atoms with Crippen molar-refractivity contribution in [3.05, 3.63) is 93.5 Å². The predicted octanol–water partition coefficient (Wildman–Crippen LogP) is 4.85. The molecule has 202 valence electrons. The number of aryl methyl sites for hydroxylation is 1. The number of nitrogens with zero attached hydrogens (tertiary/aromatic N) is 2. The number of carbonyl (C=O) groups excluding carboxylic acids is 4. The molecule has 1 aliphatic heterocycles. The van der Waals surface area contributed by atoms with Crippen molar-refractivity contribution in [3.63, 3.8) is 0 Å². The highest BCUT2D eigenvalue weighted by molar-refractivity contribution is 7.87. The molecule has 1 fully saturated rings. The van der Waals surface area contributed by atoms with Crippen LogP contribution in [0, 0.1) is 6.92 Å². The molecule has 39 heavy (non-hydrogen) atoms. The Bertz CT molecular complexity index is 1540. The third-order valence-electron chi connectivity index (χ3n) is 5.88.